The highest BCUT2D eigenvalue weighted by Gasteiger charge is 2.33. The van der Waals surface area contributed by atoms with Crippen LogP contribution in [0.5, 0.6) is 0 Å². The van der Waals surface area contributed by atoms with Gasteiger partial charge in [-0.3, -0.25) is 9.59 Å². The van der Waals surface area contributed by atoms with Gasteiger partial charge in [-0.25, -0.2) is 0 Å². The molecule has 1 N–H and O–H groups in total. The third-order valence-electron chi connectivity index (χ3n) is 5.14. The highest BCUT2D eigenvalue weighted by Crippen LogP contribution is 2.31. The maximum atomic E-state index is 12.7. The number of hydrogen-bond donors (Lipinski definition) is 1. The topological polar surface area (TPSA) is 52.7 Å². The van der Waals surface area contributed by atoms with Gasteiger partial charge in [-0.2, -0.15) is 0 Å². The van der Waals surface area contributed by atoms with Gasteiger partial charge in [-0.1, -0.05) is 6.92 Å². The average molecular weight is 364 g/mol. The fourth-order valence-corrected chi connectivity index (χ4v) is 5.39. The molecule has 0 saturated carbocycles. The first kappa shape index (κ1) is 16.1. The molecular formula is C17H21N3O2S2. The number of piperazine rings is 1. The van der Waals surface area contributed by atoms with Gasteiger partial charge in [0.05, 0.1) is 4.88 Å². The third-order valence-corrected chi connectivity index (χ3v) is 7.22. The van der Waals surface area contributed by atoms with Crippen molar-refractivity contribution in [3.63, 3.8) is 0 Å². The Morgan fingerprint density at radius 1 is 1.17 bits per heavy atom. The van der Waals surface area contributed by atoms with E-state index in [-0.39, 0.29) is 17.7 Å². The standard InChI is InChI=1S/C17H21N3O2S2/c1-11(12-9-18-10-12)16(21)19-3-5-20(6-4-19)17(22)15-8-14-13(24-15)2-7-23-14/h2,7-8,11-12,18H,3-6,9-10H2,1H3. The smallest absolute Gasteiger partial charge is 0.264 e. The lowest BCUT2D eigenvalue weighted by molar-refractivity contribution is -0.138. The number of carbonyl (C=O) groups is 2. The van der Waals surface area contributed by atoms with Crippen LogP contribution in [0.3, 0.4) is 0 Å². The molecule has 0 radical (unpaired) electrons. The van der Waals surface area contributed by atoms with E-state index in [2.05, 4.69) is 16.8 Å². The van der Waals surface area contributed by atoms with E-state index in [1.54, 1.807) is 22.7 Å². The minimum Gasteiger partial charge on any atom is -0.339 e. The summed E-state index contributed by atoms with van der Waals surface area (Å²) in [5.74, 6) is 0.894. The van der Waals surface area contributed by atoms with Crippen molar-refractivity contribution in [1.29, 1.82) is 0 Å². The Balaban J connectivity index is 1.36. The van der Waals surface area contributed by atoms with Crippen LogP contribution in [0, 0.1) is 11.8 Å². The van der Waals surface area contributed by atoms with Crippen molar-refractivity contribution in [2.45, 2.75) is 6.92 Å². The van der Waals surface area contributed by atoms with Crippen LogP contribution in [0.25, 0.3) is 9.40 Å². The van der Waals surface area contributed by atoms with Gasteiger partial charge in [0.1, 0.15) is 0 Å². The Kier molecular flexibility index (Phi) is 4.32. The predicted octanol–water partition coefficient (Wildman–Crippen LogP) is 2.10. The normalized spacial score (nSPS) is 20.2. The molecule has 128 valence electrons. The van der Waals surface area contributed by atoms with Crippen molar-refractivity contribution in [2.24, 2.45) is 11.8 Å². The summed E-state index contributed by atoms with van der Waals surface area (Å²) in [6, 6.07) is 4.06. The molecule has 0 aromatic carbocycles. The molecule has 4 heterocycles. The molecule has 0 bridgehead atoms. The summed E-state index contributed by atoms with van der Waals surface area (Å²) in [5, 5.41) is 5.28. The molecule has 2 saturated heterocycles. The molecule has 2 aliphatic rings. The molecule has 1 unspecified atom stereocenters. The zero-order valence-corrected chi connectivity index (χ0v) is 15.3. The van der Waals surface area contributed by atoms with Gasteiger partial charge in [0, 0.05) is 41.5 Å². The molecule has 2 amide bonds. The molecule has 2 fully saturated rings. The van der Waals surface area contributed by atoms with Crippen LogP contribution in [0.4, 0.5) is 0 Å². The van der Waals surface area contributed by atoms with Crippen molar-refractivity contribution in [3.8, 4) is 0 Å². The summed E-state index contributed by atoms with van der Waals surface area (Å²) in [7, 11) is 0. The second-order valence-electron chi connectivity index (χ2n) is 6.58. The monoisotopic (exact) mass is 363 g/mol. The Morgan fingerprint density at radius 3 is 2.50 bits per heavy atom. The highest BCUT2D eigenvalue weighted by atomic mass is 32.1. The molecule has 5 nitrogen and oxygen atoms in total. The fraction of sp³-hybridized carbons (Fsp3) is 0.529. The zero-order chi connectivity index (χ0) is 16.7. The van der Waals surface area contributed by atoms with E-state index in [9.17, 15) is 9.59 Å². The number of nitrogens with one attached hydrogen (secondary N) is 1. The Bertz CT molecular complexity index is 728. The lowest BCUT2D eigenvalue weighted by Crippen LogP contribution is -2.55. The zero-order valence-electron chi connectivity index (χ0n) is 13.7. The van der Waals surface area contributed by atoms with Crippen molar-refractivity contribution >= 4 is 43.9 Å². The SMILES string of the molecule is CC(C(=O)N1CCN(C(=O)c2cc3sccc3s2)CC1)C1CNC1. The molecule has 2 aliphatic heterocycles. The molecule has 4 rings (SSSR count). The summed E-state index contributed by atoms with van der Waals surface area (Å²) < 4.78 is 2.36. The number of fused-ring (bicyclic) bond motifs is 1. The number of rotatable bonds is 3. The van der Waals surface area contributed by atoms with Crippen LogP contribution >= 0.6 is 22.7 Å². The lowest BCUT2D eigenvalue weighted by Gasteiger charge is -2.39. The summed E-state index contributed by atoms with van der Waals surface area (Å²) in [6.45, 7) is 6.48. The Hall–Kier alpha value is -1.44. The molecule has 2 aromatic heterocycles. The molecule has 1 atom stereocenters. The minimum atomic E-state index is 0.0811. The van der Waals surface area contributed by atoms with Gasteiger partial charge in [0.15, 0.2) is 0 Å². The Labute approximate surface area is 149 Å². The van der Waals surface area contributed by atoms with Gasteiger partial charge in [0.25, 0.3) is 5.91 Å². The van der Waals surface area contributed by atoms with E-state index in [4.69, 9.17) is 0 Å². The predicted molar refractivity (Wildman–Crippen MR) is 97.7 cm³/mol. The Morgan fingerprint density at radius 2 is 1.88 bits per heavy atom. The fourth-order valence-electron chi connectivity index (χ4n) is 3.31. The maximum absolute atomic E-state index is 12.7. The van der Waals surface area contributed by atoms with Crippen LogP contribution < -0.4 is 5.32 Å². The van der Waals surface area contributed by atoms with Crippen LogP contribution in [-0.4, -0.2) is 60.9 Å². The number of thiophene rings is 2. The van der Waals surface area contributed by atoms with Gasteiger partial charge < -0.3 is 15.1 Å². The van der Waals surface area contributed by atoms with Crippen LogP contribution in [-0.2, 0) is 4.79 Å². The van der Waals surface area contributed by atoms with Crippen molar-refractivity contribution in [2.75, 3.05) is 39.3 Å². The lowest BCUT2D eigenvalue weighted by atomic mass is 9.88. The van der Waals surface area contributed by atoms with Gasteiger partial charge in [-0.15, -0.1) is 22.7 Å². The largest absolute Gasteiger partial charge is 0.339 e. The first-order valence-electron chi connectivity index (χ1n) is 8.39. The molecular weight excluding hydrogens is 342 g/mol. The second kappa shape index (κ2) is 6.46. The van der Waals surface area contributed by atoms with E-state index < -0.39 is 0 Å². The number of amides is 2. The van der Waals surface area contributed by atoms with E-state index in [1.165, 1.54) is 9.40 Å². The quantitative estimate of drug-likeness (QED) is 0.909. The summed E-state index contributed by atoms with van der Waals surface area (Å²) >= 11 is 3.24. The van der Waals surface area contributed by atoms with E-state index in [0.717, 1.165) is 18.0 Å². The number of hydrogen-bond acceptors (Lipinski definition) is 5. The first-order valence-corrected chi connectivity index (χ1v) is 10.1. The molecule has 7 heteroatoms. The van der Waals surface area contributed by atoms with Crippen molar-refractivity contribution < 1.29 is 9.59 Å². The number of nitrogens with zero attached hydrogens (tertiary/aromatic N) is 2. The van der Waals surface area contributed by atoms with Crippen LogP contribution in [0.1, 0.15) is 16.6 Å². The summed E-state index contributed by atoms with van der Waals surface area (Å²) in [4.78, 5) is 29.9. The van der Waals surface area contributed by atoms with Crippen molar-refractivity contribution in [3.05, 3.63) is 22.4 Å². The van der Waals surface area contributed by atoms with Crippen LogP contribution in [0.2, 0.25) is 0 Å². The summed E-state index contributed by atoms with van der Waals surface area (Å²) in [5.41, 5.74) is 0. The van der Waals surface area contributed by atoms with Gasteiger partial charge in [0.2, 0.25) is 5.91 Å². The van der Waals surface area contributed by atoms with E-state index in [1.807, 2.05) is 22.8 Å². The molecule has 0 spiro atoms. The summed E-state index contributed by atoms with van der Waals surface area (Å²) in [6.07, 6.45) is 0. The maximum Gasteiger partial charge on any atom is 0.264 e. The van der Waals surface area contributed by atoms with Crippen LogP contribution in [0.15, 0.2) is 17.5 Å². The molecule has 2 aromatic rings. The number of carbonyl (C=O) groups excluding carboxylic acids is 2. The van der Waals surface area contributed by atoms with Crippen molar-refractivity contribution in [1.82, 2.24) is 15.1 Å². The van der Waals surface area contributed by atoms with E-state index in [0.29, 0.717) is 32.1 Å². The van der Waals surface area contributed by atoms with Gasteiger partial charge in [-0.05, 0) is 36.5 Å². The minimum absolute atomic E-state index is 0.0811. The third kappa shape index (κ3) is 2.85. The molecule has 24 heavy (non-hydrogen) atoms. The average Bonchev–Trinajstić information content (AvgIpc) is 3.13. The van der Waals surface area contributed by atoms with Gasteiger partial charge >= 0.3 is 0 Å². The highest BCUT2D eigenvalue weighted by molar-refractivity contribution is 7.27. The van der Waals surface area contributed by atoms with E-state index >= 15 is 0 Å². The molecule has 0 aliphatic carbocycles. The first-order chi connectivity index (χ1) is 11.6. The second-order valence-corrected chi connectivity index (χ2v) is 8.62.